The average Bonchev–Trinajstić information content (AvgIpc) is 3.71. The summed E-state index contributed by atoms with van der Waals surface area (Å²) in [4.78, 5) is 22.6. The second-order valence-electron chi connectivity index (χ2n) is 10.5. The Morgan fingerprint density at radius 1 is 1.10 bits per heavy atom. The highest BCUT2D eigenvalue weighted by Crippen LogP contribution is 2.39. The molecule has 5 heterocycles. The molecule has 40 heavy (non-hydrogen) atoms. The van der Waals surface area contributed by atoms with Crippen LogP contribution in [0, 0.1) is 5.82 Å². The summed E-state index contributed by atoms with van der Waals surface area (Å²) in [6.07, 6.45) is 2.97. The van der Waals surface area contributed by atoms with Crippen LogP contribution in [0.1, 0.15) is 23.6 Å². The van der Waals surface area contributed by atoms with Crippen LogP contribution in [0.4, 0.5) is 16.2 Å². The molecule has 0 unspecified atom stereocenters. The predicted molar refractivity (Wildman–Crippen MR) is 145 cm³/mol. The molecule has 0 bridgehead atoms. The van der Waals surface area contributed by atoms with Gasteiger partial charge in [0.25, 0.3) is 6.01 Å². The highest BCUT2D eigenvalue weighted by molar-refractivity contribution is 6.33. The van der Waals surface area contributed by atoms with Crippen molar-refractivity contribution in [1.29, 1.82) is 0 Å². The zero-order chi connectivity index (χ0) is 27.5. The minimum Gasteiger partial charge on any atom is -0.456 e. The van der Waals surface area contributed by atoms with E-state index in [1.165, 1.54) is 6.07 Å². The molecule has 1 aliphatic carbocycles. The van der Waals surface area contributed by atoms with E-state index in [9.17, 15) is 5.11 Å². The molecule has 11 nitrogen and oxygen atoms in total. The Labute approximate surface area is 233 Å². The molecule has 3 aromatic heterocycles. The van der Waals surface area contributed by atoms with Gasteiger partial charge in [-0.25, -0.2) is 19.3 Å². The maximum atomic E-state index is 15.5. The van der Waals surface area contributed by atoms with Crippen LogP contribution in [-0.4, -0.2) is 81.8 Å². The number of aliphatic hydroxyl groups is 1. The topological polar surface area (TPSA) is 131 Å². The van der Waals surface area contributed by atoms with Crippen molar-refractivity contribution in [3.05, 3.63) is 52.6 Å². The normalized spacial score (nSPS) is 25.3. The summed E-state index contributed by atoms with van der Waals surface area (Å²) < 4.78 is 32.7. The van der Waals surface area contributed by atoms with E-state index >= 15 is 4.39 Å². The number of imidazole rings is 1. The fourth-order valence-corrected chi connectivity index (χ4v) is 5.84. The van der Waals surface area contributed by atoms with Gasteiger partial charge in [0.2, 0.25) is 5.95 Å². The fourth-order valence-electron chi connectivity index (χ4n) is 5.63. The molecule has 3 N–H and O–H groups in total. The molecule has 7 rings (SSSR count). The quantitative estimate of drug-likeness (QED) is 0.319. The molecule has 4 aromatic rings. The average molecular weight is 568 g/mol. The van der Waals surface area contributed by atoms with Crippen LogP contribution >= 0.6 is 11.6 Å². The molecule has 0 saturated carbocycles. The molecule has 0 spiro atoms. The molecule has 3 aliphatic rings. The number of aliphatic hydroxyl groups excluding tert-OH is 1. The van der Waals surface area contributed by atoms with E-state index < -0.39 is 18.3 Å². The number of pyridine rings is 1. The smallest absolute Gasteiger partial charge is 0.296 e. The van der Waals surface area contributed by atoms with Gasteiger partial charge < -0.3 is 34.5 Å². The summed E-state index contributed by atoms with van der Waals surface area (Å²) in [6, 6.07) is 5.18. The molecule has 208 valence electrons. The number of aryl methyl sites for hydroxylation is 1. The van der Waals surface area contributed by atoms with E-state index in [0.717, 1.165) is 16.7 Å². The summed E-state index contributed by atoms with van der Waals surface area (Å²) in [5.74, 6) is 0.700. The van der Waals surface area contributed by atoms with Crippen molar-refractivity contribution in [3.8, 4) is 17.1 Å². The number of hydrogen-bond acceptors (Lipinski definition) is 10. The van der Waals surface area contributed by atoms with Gasteiger partial charge in [0.1, 0.15) is 29.9 Å². The lowest BCUT2D eigenvalue weighted by molar-refractivity contribution is 0.00706. The second-order valence-corrected chi connectivity index (χ2v) is 10.9. The van der Waals surface area contributed by atoms with Gasteiger partial charge in [0, 0.05) is 37.6 Å². The third kappa shape index (κ3) is 4.40. The molecule has 1 aromatic carbocycles. The van der Waals surface area contributed by atoms with Gasteiger partial charge in [-0.15, -0.1) is 0 Å². The third-order valence-electron chi connectivity index (χ3n) is 7.60. The van der Waals surface area contributed by atoms with Gasteiger partial charge in [-0.3, -0.25) is 0 Å². The molecule has 2 saturated heterocycles. The predicted octanol–water partition coefficient (Wildman–Crippen LogP) is 3.28. The van der Waals surface area contributed by atoms with Crippen LogP contribution in [0.25, 0.3) is 22.3 Å². The number of benzene rings is 1. The number of fused-ring (bicyclic) bond motifs is 3. The Bertz CT molecular complexity index is 1580. The van der Waals surface area contributed by atoms with Crippen molar-refractivity contribution in [2.75, 3.05) is 37.5 Å². The number of H-pyrrole nitrogens is 1. The number of halogens is 2. The van der Waals surface area contributed by atoms with E-state index in [0.29, 0.717) is 46.4 Å². The van der Waals surface area contributed by atoms with Crippen molar-refractivity contribution in [1.82, 2.24) is 24.9 Å². The first-order chi connectivity index (χ1) is 19.3. The number of rotatable bonds is 6. The van der Waals surface area contributed by atoms with Crippen molar-refractivity contribution in [2.45, 2.75) is 43.3 Å². The summed E-state index contributed by atoms with van der Waals surface area (Å²) in [5.41, 5.74) is 4.02. The van der Waals surface area contributed by atoms with E-state index in [-0.39, 0.29) is 37.2 Å². The number of aromatic nitrogens is 5. The summed E-state index contributed by atoms with van der Waals surface area (Å²) in [7, 11) is 3.74. The van der Waals surface area contributed by atoms with Gasteiger partial charge >= 0.3 is 0 Å². The number of ether oxygens (including phenoxy) is 3. The highest BCUT2D eigenvalue weighted by atomic mass is 35.5. The SMILES string of the molecule is CN(C)c1ncc(-c2cc(F)c3c(c2)CC[C@@H]3Nc2nc3nc(O[C@@H]4CO[C@H]5[C@@H]4OC[C@H]5O)[nH]c3cc2Cl)cn1. The Hall–Kier alpha value is -3.58. The number of aromatic amines is 1. The fraction of sp³-hybridized carbons (Fsp3) is 0.407. The zero-order valence-electron chi connectivity index (χ0n) is 21.8. The molecule has 2 aliphatic heterocycles. The standard InChI is InChI=1S/C27H27ClFN7O4/c1-36(2)26-30-8-14(9-31-26)13-5-12-3-4-17(21(12)16(29)6-13)32-24-15(28)7-18-25(34-24)35-27(33-18)40-20-11-39-22-19(37)10-38-23(20)22/h5-9,17,19-20,22-23,37H,3-4,10-11H2,1-2H3,(H2,32,33,34,35)/t17-,19+,20+,22+,23+/m0/s1. The van der Waals surface area contributed by atoms with Crippen molar-refractivity contribution in [3.63, 3.8) is 0 Å². The molecule has 2 fully saturated rings. The van der Waals surface area contributed by atoms with Crippen LogP contribution in [0.3, 0.4) is 0 Å². The van der Waals surface area contributed by atoms with Crippen LogP contribution in [0.2, 0.25) is 5.02 Å². The van der Waals surface area contributed by atoms with Crippen molar-refractivity contribution in [2.24, 2.45) is 0 Å². The van der Waals surface area contributed by atoms with Gasteiger partial charge in [-0.1, -0.05) is 17.7 Å². The van der Waals surface area contributed by atoms with E-state index in [1.54, 1.807) is 18.5 Å². The van der Waals surface area contributed by atoms with Crippen LogP contribution in [0.5, 0.6) is 6.01 Å². The van der Waals surface area contributed by atoms with Gasteiger partial charge in [-0.05, 0) is 36.1 Å². The number of nitrogens with one attached hydrogen (secondary N) is 2. The van der Waals surface area contributed by atoms with E-state index in [2.05, 4.69) is 30.2 Å². The van der Waals surface area contributed by atoms with Crippen LogP contribution < -0.4 is 15.0 Å². The van der Waals surface area contributed by atoms with Crippen LogP contribution in [0.15, 0.2) is 30.6 Å². The molecular weight excluding hydrogens is 541 g/mol. The Morgan fingerprint density at radius 3 is 2.70 bits per heavy atom. The van der Waals surface area contributed by atoms with E-state index in [4.69, 9.17) is 25.8 Å². The van der Waals surface area contributed by atoms with Gasteiger partial charge in [0.15, 0.2) is 11.8 Å². The number of nitrogens with zero attached hydrogens (tertiary/aromatic N) is 5. The van der Waals surface area contributed by atoms with Crippen LogP contribution in [-0.2, 0) is 15.9 Å². The first kappa shape index (κ1) is 25.4. The van der Waals surface area contributed by atoms with Crippen molar-refractivity contribution >= 4 is 34.5 Å². The number of anilines is 2. The molecule has 0 amide bonds. The lowest BCUT2D eigenvalue weighted by atomic mass is 10.0. The first-order valence-corrected chi connectivity index (χ1v) is 13.4. The second kappa shape index (κ2) is 9.81. The largest absolute Gasteiger partial charge is 0.456 e. The highest BCUT2D eigenvalue weighted by Gasteiger charge is 2.48. The van der Waals surface area contributed by atoms with Crippen molar-refractivity contribution < 1.29 is 23.7 Å². The Morgan fingerprint density at radius 2 is 1.90 bits per heavy atom. The first-order valence-electron chi connectivity index (χ1n) is 13.1. The lowest BCUT2D eigenvalue weighted by Crippen LogP contribution is -2.34. The molecule has 13 heteroatoms. The zero-order valence-corrected chi connectivity index (χ0v) is 22.5. The Balaban J connectivity index is 1.10. The molecular formula is C27H27ClFN7O4. The molecule has 0 radical (unpaired) electrons. The minimum atomic E-state index is -0.663. The Kier molecular flexibility index (Phi) is 6.22. The lowest BCUT2D eigenvalue weighted by Gasteiger charge is -2.17. The maximum absolute atomic E-state index is 15.5. The third-order valence-corrected chi connectivity index (χ3v) is 7.89. The summed E-state index contributed by atoms with van der Waals surface area (Å²) in [6.45, 7) is 0.499. The monoisotopic (exact) mass is 567 g/mol. The molecule has 5 atom stereocenters. The van der Waals surface area contributed by atoms with Gasteiger partial charge in [0.05, 0.1) is 29.8 Å². The van der Waals surface area contributed by atoms with Gasteiger partial charge in [-0.2, -0.15) is 4.98 Å². The summed E-state index contributed by atoms with van der Waals surface area (Å²) in [5, 5.41) is 13.6. The summed E-state index contributed by atoms with van der Waals surface area (Å²) >= 11 is 6.56. The maximum Gasteiger partial charge on any atom is 0.296 e. The van der Waals surface area contributed by atoms with E-state index in [1.807, 2.05) is 25.1 Å². The minimum absolute atomic E-state index is 0.214. The number of hydrogen-bond donors (Lipinski definition) is 3.